The number of carbonyl (C=O) groups excluding carboxylic acids is 1. The lowest BCUT2D eigenvalue weighted by molar-refractivity contribution is -0.117. The first-order valence-electron chi connectivity index (χ1n) is 6.76. The Morgan fingerprint density at radius 2 is 2.05 bits per heavy atom. The summed E-state index contributed by atoms with van der Waals surface area (Å²) >= 11 is 0. The van der Waals surface area contributed by atoms with E-state index >= 15 is 0 Å². The molecule has 1 fully saturated rings. The van der Waals surface area contributed by atoms with E-state index in [1.54, 1.807) is 25.6 Å². The number of ketones is 1. The quantitative estimate of drug-likeness (QED) is 0.836. The third-order valence-corrected chi connectivity index (χ3v) is 6.06. The van der Waals surface area contributed by atoms with Gasteiger partial charge in [-0.25, -0.2) is 8.42 Å². The van der Waals surface area contributed by atoms with Gasteiger partial charge in [-0.05, 0) is 33.6 Å². The molecule has 1 aliphatic rings. The monoisotopic (exact) mass is 299 g/mol. The zero-order valence-corrected chi connectivity index (χ0v) is 13.2. The third kappa shape index (κ3) is 2.52. The molecule has 0 spiro atoms. The SMILES string of the molecule is CC(=O)CC1CCCN1S(=O)(=O)c1c(C)nn(C)c1C. The van der Waals surface area contributed by atoms with E-state index in [-0.39, 0.29) is 23.1 Å². The Morgan fingerprint density at radius 3 is 2.55 bits per heavy atom. The first kappa shape index (κ1) is 15.2. The number of Topliss-reactive ketones (excluding diaryl/α,β-unsaturated/α-hetero) is 1. The van der Waals surface area contributed by atoms with Crippen molar-refractivity contribution in [3.8, 4) is 0 Å². The number of hydrogen-bond acceptors (Lipinski definition) is 4. The highest BCUT2D eigenvalue weighted by Crippen LogP contribution is 2.30. The minimum Gasteiger partial charge on any atom is -0.300 e. The molecule has 112 valence electrons. The van der Waals surface area contributed by atoms with Crippen LogP contribution in [0.1, 0.15) is 37.6 Å². The summed E-state index contributed by atoms with van der Waals surface area (Å²) in [6.07, 6.45) is 1.84. The number of rotatable bonds is 4. The third-order valence-electron chi connectivity index (χ3n) is 3.86. The largest absolute Gasteiger partial charge is 0.300 e. The van der Waals surface area contributed by atoms with Crippen molar-refractivity contribution < 1.29 is 13.2 Å². The minimum atomic E-state index is -3.58. The molecule has 2 rings (SSSR count). The molecule has 0 aliphatic carbocycles. The molecule has 1 aliphatic heterocycles. The van der Waals surface area contributed by atoms with Crippen molar-refractivity contribution >= 4 is 15.8 Å². The van der Waals surface area contributed by atoms with E-state index in [0.29, 0.717) is 17.9 Å². The molecule has 7 heteroatoms. The fourth-order valence-electron chi connectivity index (χ4n) is 2.91. The fourth-order valence-corrected chi connectivity index (χ4v) is 5.00. The van der Waals surface area contributed by atoms with Crippen molar-refractivity contribution in [3.63, 3.8) is 0 Å². The Morgan fingerprint density at radius 1 is 1.40 bits per heavy atom. The highest BCUT2D eigenvalue weighted by atomic mass is 32.2. The molecule has 2 heterocycles. The molecule has 0 bridgehead atoms. The van der Waals surface area contributed by atoms with Gasteiger partial charge >= 0.3 is 0 Å². The molecule has 1 aromatic heterocycles. The molecule has 0 amide bonds. The van der Waals surface area contributed by atoms with Gasteiger partial charge in [-0.1, -0.05) is 0 Å². The molecule has 1 aromatic rings. The van der Waals surface area contributed by atoms with Crippen LogP contribution in [0, 0.1) is 13.8 Å². The smallest absolute Gasteiger partial charge is 0.247 e. The van der Waals surface area contributed by atoms with Crippen LogP contribution >= 0.6 is 0 Å². The molecule has 0 radical (unpaired) electrons. The zero-order chi connectivity index (χ0) is 15.1. The standard InChI is InChI=1S/C13H21N3O3S/c1-9(17)8-12-6-5-7-16(12)20(18,19)13-10(2)14-15(4)11(13)3/h12H,5-8H2,1-4H3. The fraction of sp³-hybridized carbons (Fsp3) is 0.692. The Balaban J connectivity index is 2.41. The summed E-state index contributed by atoms with van der Waals surface area (Å²) in [5.41, 5.74) is 1.15. The highest BCUT2D eigenvalue weighted by Gasteiger charge is 2.38. The summed E-state index contributed by atoms with van der Waals surface area (Å²) in [4.78, 5) is 11.6. The number of hydrogen-bond donors (Lipinski definition) is 0. The molecule has 6 nitrogen and oxygen atoms in total. The van der Waals surface area contributed by atoms with Crippen LogP contribution in [0.15, 0.2) is 4.90 Å². The summed E-state index contributed by atoms with van der Waals surface area (Å²) in [5.74, 6) is 0.0248. The van der Waals surface area contributed by atoms with Crippen molar-refractivity contribution in [1.82, 2.24) is 14.1 Å². The second-order valence-corrected chi connectivity index (χ2v) is 7.27. The number of aryl methyl sites for hydroxylation is 2. The van der Waals surface area contributed by atoms with Gasteiger partial charge in [0, 0.05) is 26.1 Å². The Labute approximate surface area is 119 Å². The average Bonchev–Trinajstić information content (AvgIpc) is 2.85. The number of sulfonamides is 1. The van der Waals surface area contributed by atoms with Gasteiger partial charge in [-0.3, -0.25) is 9.48 Å². The van der Waals surface area contributed by atoms with Crippen molar-refractivity contribution in [1.29, 1.82) is 0 Å². The summed E-state index contributed by atoms with van der Waals surface area (Å²) in [5, 5.41) is 4.18. The summed E-state index contributed by atoms with van der Waals surface area (Å²) in [6, 6.07) is -0.212. The van der Waals surface area contributed by atoms with E-state index in [1.807, 2.05) is 0 Å². The maximum absolute atomic E-state index is 12.8. The van der Waals surface area contributed by atoms with Gasteiger partial charge in [0.1, 0.15) is 10.7 Å². The van der Waals surface area contributed by atoms with Crippen LogP contribution in [0.3, 0.4) is 0 Å². The lowest BCUT2D eigenvalue weighted by atomic mass is 10.1. The Bertz CT molecular complexity index is 634. The van der Waals surface area contributed by atoms with Crippen molar-refractivity contribution in [2.75, 3.05) is 6.54 Å². The van der Waals surface area contributed by atoms with E-state index < -0.39 is 10.0 Å². The first-order valence-corrected chi connectivity index (χ1v) is 8.20. The molecular formula is C13H21N3O3S. The molecule has 1 atom stereocenters. The van der Waals surface area contributed by atoms with Crippen molar-refractivity contribution in [2.45, 2.75) is 51.0 Å². The van der Waals surface area contributed by atoms with Gasteiger partial charge in [-0.2, -0.15) is 9.40 Å². The summed E-state index contributed by atoms with van der Waals surface area (Å²) < 4.78 is 28.7. The van der Waals surface area contributed by atoms with Gasteiger partial charge < -0.3 is 0 Å². The number of carbonyl (C=O) groups is 1. The minimum absolute atomic E-state index is 0.0248. The predicted octanol–water partition coefficient (Wildman–Crippen LogP) is 1.17. The topological polar surface area (TPSA) is 72.3 Å². The van der Waals surface area contributed by atoms with Crippen LogP contribution < -0.4 is 0 Å². The van der Waals surface area contributed by atoms with Crippen LogP contribution in [-0.4, -0.2) is 40.9 Å². The number of aromatic nitrogens is 2. The molecule has 1 saturated heterocycles. The molecule has 20 heavy (non-hydrogen) atoms. The van der Waals surface area contributed by atoms with E-state index in [9.17, 15) is 13.2 Å². The van der Waals surface area contributed by atoms with E-state index in [2.05, 4.69) is 5.10 Å². The predicted molar refractivity (Wildman–Crippen MR) is 74.9 cm³/mol. The van der Waals surface area contributed by atoms with Crippen LogP contribution in [0.4, 0.5) is 0 Å². The lowest BCUT2D eigenvalue weighted by Gasteiger charge is -2.23. The van der Waals surface area contributed by atoms with E-state index in [4.69, 9.17) is 0 Å². The summed E-state index contributed by atoms with van der Waals surface area (Å²) in [7, 11) is -1.84. The maximum atomic E-state index is 12.8. The molecule has 0 saturated carbocycles. The average molecular weight is 299 g/mol. The molecular weight excluding hydrogens is 278 g/mol. The molecule has 1 unspecified atom stereocenters. The van der Waals surface area contributed by atoms with E-state index in [1.165, 1.54) is 11.2 Å². The lowest BCUT2D eigenvalue weighted by Crippen LogP contribution is -2.37. The number of nitrogens with zero attached hydrogens (tertiary/aromatic N) is 3. The van der Waals surface area contributed by atoms with Gasteiger partial charge in [0.05, 0.1) is 11.4 Å². The molecule has 0 aromatic carbocycles. The first-order chi connectivity index (χ1) is 9.25. The Kier molecular flexibility index (Phi) is 4.02. The van der Waals surface area contributed by atoms with Crippen LogP contribution in [-0.2, 0) is 21.9 Å². The second kappa shape index (κ2) is 5.29. The normalized spacial score (nSPS) is 20.5. The van der Waals surface area contributed by atoms with E-state index in [0.717, 1.165) is 12.8 Å². The van der Waals surface area contributed by atoms with Crippen LogP contribution in [0.5, 0.6) is 0 Å². The maximum Gasteiger partial charge on any atom is 0.247 e. The zero-order valence-electron chi connectivity index (χ0n) is 12.4. The Hall–Kier alpha value is -1.21. The van der Waals surface area contributed by atoms with Crippen molar-refractivity contribution in [3.05, 3.63) is 11.4 Å². The van der Waals surface area contributed by atoms with Gasteiger partial charge in [0.15, 0.2) is 0 Å². The van der Waals surface area contributed by atoms with Crippen molar-refractivity contribution in [2.24, 2.45) is 7.05 Å². The van der Waals surface area contributed by atoms with Crippen LogP contribution in [0.25, 0.3) is 0 Å². The van der Waals surface area contributed by atoms with Gasteiger partial charge in [-0.15, -0.1) is 0 Å². The van der Waals surface area contributed by atoms with Gasteiger partial charge in [0.25, 0.3) is 0 Å². The van der Waals surface area contributed by atoms with Gasteiger partial charge in [0.2, 0.25) is 10.0 Å². The second-order valence-electron chi connectivity index (χ2n) is 5.44. The van der Waals surface area contributed by atoms with Crippen LogP contribution in [0.2, 0.25) is 0 Å². The summed E-state index contributed by atoms with van der Waals surface area (Å²) in [6.45, 7) is 5.44. The highest BCUT2D eigenvalue weighted by molar-refractivity contribution is 7.89. The molecule has 0 N–H and O–H groups in total.